The van der Waals surface area contributed by atoms with Crippen molar-refractivity contribution in [3.63, 3.8) is 0 Å². The molecule has 39 heavy (non-hydrogen) atoms. The first-order valence-electron chi connectivity index (χ1n) is 12.2. The molecule has 0 aliphatic rings. The highest BCUT2D eigenvalue weighted by Gasteiger charge is 2.19. The second kappa shape index (κ2) is 12.9. The fourth-order valence-corrected chi connectivity index (χ4v) is 5.58. The summed E-state index contributed by atoms with van der Waals surface area (Å²) in [5.41, 5.74) is 2.70. The number of sulfone groups is 1. The summed E-state index contributed by atoms with van der Waals surface area (Å²) in [6.07, 6.45) is -0.755. The Morgan fingerprint density at radius 1 is 0.821 bits per heavy atom. The highest BCUT2D eigenvalue weighted by atomic mass is 35.5. The number of aliphatic hydroxyl groups excluding tert-OH is 1. The van der Waals surface area contributed by atoms with Crippen LogP contribution >= 0.6 is 11.6 Å². The normalized spacial score (nSPS) is 12.3. The molecule has 0 saturated heterocycles. The van der Waals surface area contributed by atoms with Gasteiger partial charge in [0, 0.05) is 24.7 Å². The van der Waals surface area contributed by atoms with Crippen molar-refractivity contribution in [2.24, 2.45) is 0 Å². The van der Waals surface area contributed by atoms with Crippen molar-refractivity contribution in [3.05, 3.63) is 125 Å². The van der Waals surface area contributed by atoms with E-state index in [0.717, 1.165) is 16.7 Å². The van der Waals surface area contributed by atoms with E-state index >= 15 is 0 Å². The first kappa shape index (κ1) is 28.3. The average Bonchev–Trinajstić information content (AvgIpc) is 2.93. The summed E-state index contributed by atoms with van der Waals surface area (Å²) in [5, 5.41) is 20.2. The van der Waals surface area contributed by atoms with E-state index in [9.17, 15) is 18.3 Å². The van der Waals surface area contributed by atoms with Gasteiger partial charge in [0.1, 0.15) is 5.75 Å². The third kappa shape index (κ3) is 7.91. The van der Waals surface area contributed by atoms with Crippen molar-refractivity contribution >= 4 is 27.4 Å². The van der Waals surface area contributed by atoms with Crippen molar-refractivity contribution < 1.29 is 28.2 Å². The van der Waals surface area contributed by atoms with Crippen LogP contribution < -0.4 is 4.74 Å². The zero-order valence-electron chi connectivity index (χ0n) is 21.0. The van der Waals surface area contributed by atoms with Crippen LogP contribution in [0, 0.1) is 0 Å². The number of aliphatic hydroxyl groups is 1. The minimum atomic E-state index is -3.78. The quantitative estimate of drug-likeness (QED) is 0.238. The summed E-state index contributed by atoms with van der Waals surface area (Å²) in [4.78, 5) is 13.0. The molecule has 9 heteroatoms. The first-order valence-corrected chi connectivity index (χ1v) is 14.1. The molecule has 0 saturated carbocycles. The Labute approximate surface area is 232 Å². The zero-order valence-corrected chi connectivity index (χ0v) is 22.6. The van der Waals surface area contributed by atoms with Crippen LogP contribution in [0.25, 0.3) is 0 Å². The molecule has 202 valence electrons. The minimum Gasteiger partial charge on any atom is -0.482 e. The Bertz CT molecular complexity index is 1490. The fraction of sp³-hybridized carbons (Fsp3) is 0.167. The number of carboxylic acid groups (broad SMARTS) is 1. The summed E-state index contributed by atoms with van der Waals surface area (Å²) >= 11 is 6.11. The maximum Gasteiger partial charge on any atom is 0.341 e. The molecule has 0 radical (unpaired) electrons. The molecule has 0 aliphatic carbocycles. The largest absolute Gasteiger partial charge is 0.482 e. The molecule has 0 amide bonds. The van der Waals surface area contributed by atoms with E-state index in [1.54, 1.807) is 42.5 Å². The summed E-state index contributed by atoms with van der Waals surface area (Å²) < 4.78 is 31.3. The lowest BCUT2D eigenvalue weighted by molar-refractivity contribution is -0.139. The molecule has 0 unspecified atom stereocenters. The Hall–Kier alpha value is -3.69. The number of carboxylic acids is 1. The van der Waals surface area contributed by atoms with E-state index in [4.69, 9.17) is 21.4 Å². The van der Waals surface area contributed by atoms with Crippen molar-refractivity contribution in [1.29, 1.82) is 0 Å². The number of hydrogen-bond acceptors (Lipinski definition) is 6. The van der Waals surface area contributed by atoms with E-state index < -0.39 is 28.5 Å². The molecular formula is C30H28ClNO6S. The fourth-order valence-electron chi connectivity index (χ4n) is 4.12. The number of carbonyl (C=O) groups is 1. The maximum absolute atomic E-state index is 13.1. The van der Waals surface area contributed by atoms with Gasteiger partial charge in [-0.25, -0.2) is 13.2 Å². The molecule has 1 atom stereocenters. The molecule has 4 aromatic rings. The number of halogens is 1. The van der Waals surface area contributed by atoms with Crippen LogP contribution in [0.4, 0.5) is 0 Å². The third-order valence-electron chi connectivity index (χ3n) is 6.05. The Balaban J connectivity index is 1.49. The molecule has 2 N–H and O–H groups in total. The standard InChI is InChI=1S/C30H28ClNO6S/c31-25-8-4-7-24(17-25)29(33)20-32(18-22-5-2-1-3-6-22)19-23-9-13-27(14-10-23)39(36,37)28-15-11-26(12-16-28)38-21-30(34)35/h1-17,29,33H,18-21H2,(H,34,35)/t29-/m0/s1. The molecule has 4 aromatic carbocycles. The van der Waals surface area contributed by atoms with Gasteiger partial charge in [-0.15, -0.1) is 0 Å². The van der Waals surface area contributed by atoms with Crippen LogP contribution in [-0.2, 0) is 27.7 Å². The van der Waals surface area contributed by atoms with E-state index in [-0.39, 0.29) is 15.5 Å². The average molecular weight is 566 g/mol. The second-order valence-corrected chi connectivity index (χ2v) is 11.4. The van der Waals surface area contributed by atoms with Crippen LogP contribution in [0.3, 0.4) is 0 Å². The van der Waals surface area contributed by atoms with Gasteiger partial charge in [-0.3, -0.25) is 4.90 Å². The van der Waals surface area contributed by atoms with Crippen molar-refractivity contribution in [3.8, 4) is 5.75 Å². The van der Waals surface area contributed by atoms with Crippen LogP contribution in [0.1, 0.15) is 22.8 Å². The number of ether oxygens (including phenoxy) is 1. The summed E-state index contributed by atoms with van der Waals surface area (Å²) in [6.45, 7) is 0.924. The van der Waals surface area contributed by atoms with E-state index in [0.29, 0.717) is 24.7 Å². The molecule has 0 heterocycles. The maximum atomic E-state index is 13.1. The van der Waals surface area contributed by atoms with E-state index in [2.05, 4.69) is 4.90 Å². The molecule has 0 fully saturated rings. The minimum absolute atomic E-state index is 0.0771. The number of hydrogen-bond donors (Lipinski definition) is 2. The Morgan fingerprint density at radius 2 is 1.41 bits per heavy atom. The highest BCUT2D eigenvalue weighted by Crippen LogP contribution is 2.25. The SMILES string of the molecule is O=C(O)COc1ccc(S(=O)(=O)c2ccc(CN(Cc3ccccc3)C[C@H](O)c3cccc(Cl)c3)cc2)cc1. The number of rotatable bonds is 12. The van der Waals surface area contributed by atoms with Gasteiger partial charge in [0.15, 0.2) is 6.61 Å². The second-order valence-electron chi connectivity index (χ2n) is 9.03. The van der Waals surface area contributed by atoms with E-state index in [1.807, 2.05) is 36.4 Å². The summed E-state index contributed by atoms with van der Waals surface area (Å²) in [6, 6.07) is 29.4. The molecule has 0 aromatic heterocycles. The summed E-state index contributed by atoms with van der Waals surface area (Å²) in [5.74, 6) is -0.849. The zero-order chi connectivity index (χ0) is 27.8. The predicted octanol–water partition coefficient (Wildman–Crippen LogP) is 5.37. The van der Waals surface area contributed by atoms with Gasteiger partial charge >= 0.3 is 5.97 Å². The lowest BCUT2D eigenvalue weighted by atomic mass is 10.1. The van der Waals surface area contributed by atoms with Crippen LogP contribution in [0.5, 0.6) is 5.75 Å². The van der Waals surface area contributed by atoms with Crippen molar-refractivity contribution in [2.45, 2.75) is 29.0 Å². The van der Waals surface area contributed by atoms with Gasteiger partial charge < -0.3 is 14.9 Å². The Kier molecular flexibility index (Phi) is 9.37. The van der Waals surface area contributed by atoms with Gasteiger partial charge in [-0.2, -0.15) is 0 Å². The van der Waals surface area contributed by atoms with Crippen LogP contribution in [-0.4, -0.2) is 42.7 Å². The number of benzene rings is 4. The molecule has 4 rings (SSSR count). The van der Waals surface area contributed by atoms with Crippen LogP contribution in [0.15, 0.2) is 113 Å². The number of nitrogens with zero attached hydrogens (tertiary/aromatic N) is 1. The molecule has 7 nitrogen and oxygen atoms in total. The lowest BCUT2D eigenvalue weighted by Crippen LogP contribution is -2.28. The molecule has 0 spiro atoms. The van der Waals surface area contributed by atoms with Gasteiger partial charge in [-0.1, -0.05) is 66.2 Å². The summed E-state index contributed by atoms with van der Waals surface area (Å²) in [7, 11) is -3.78. The highest BCUT2D eigenvalue weighted by molar-refractivity contribution is 7.91. The van der Waals surface area contributed by atoms with Crippen molar-refractivity contribution in [2.75, 3.05) is 13.2 Å². The topological polar surface area (TPSA) is 104 Å². The molecular weight excluding hydrogens is 538 g/mol. The first-order chi connectivity index (χ1) is 18.7. The Morgan fingerprint density at radius 3 is 2.00 bits per heavy atom. The molecule has 0 bridgehead atoms. The van der Waals surface area contributed by atoms with Crippen molar-refractivity contribution in [1.82, 2.24) is 4.90 Å². The monoisotopic (exact) mass is 565 g/mol. The lowest BCUT2D eigenvalue weighted by Gasteiger charge is -2.26. The smallest absolute Gasteiger partial charge is 0.341 e. The van der Waals surface area contributed by atoms with E-state index in [1.165, 1.54) is 24.3 Å². The van der Waals surface area contributed by atoms with Crippen LogP contribution in [0.2, 0.25) is 5.02 Å². The van der Waals surface area contributed by atoms with Gasteiger partial charge in [0.2, 0.25) is 9.84 Å². The van der Waals surface area contributed by atoms with Gasteiger partial charge in [-0.05, 0) is 65.2 Å². The van der Waals surface area contributed by atoms with Gasteiger partial charge in [0.25, 0.3) is 0 Å². The molecule has 0 aliphatic heterocycles. The predicted molar refractivity (Wildman–Crippen MR) is 148 cm³/mol. The number of aliphatic carboxylic acids is 1. The third-order valence-corrected chi connectivity index (χ3v) is 8.07. The van der Waals surface area contributed by atoms with Gasteiger partial charge in [0.05, 0.1) is 15.9 Å².